The topological polar surface area (TPSA) is 89.9 Å². The highest BCUT2D eigenvalue weighted by atomic mass is 35.5. The molecule has 4 rings (SSSR count). The van der Waals surface area contributed by atoms with Crippen LogP contribution in [-0.2, 0) is 24.7 Å². The highest BCUT2D eigenvalue weighted by Gasteiger charge is 2.38. The molecule has 1 aromatic heterocycles. The minimum atomic E-state index is -1.47. The van der Waals surface area contributed by atoms with Gasteiger partial charge in [0.1, 0.15) is 16.8 Å². The average molecular weight is 627 g/mol. The van der Waals surface area contributed by atoms with Crippen molar-refractivity contribution >= 4 is 57.4 Å². The number of rotatable bonds is 10. The number of hydrogen-bond donors (Lipinski definition) is 1. The van der Waals surface area contributed by atoms with E-state index in [9.17, 15) is 9.59 Å². The Hall–Kier alpha value is -3.72. The normalized spacial score (nSPS) is 12.2. The number of nitrogens with one attached hydrogen (secondary N) is 1. The lowest BCUT2D eigenvalue weighted by molar-refractivity contribution is -0.179. The van der Waals surface area contributed by atoms with Crippen molar-refractivity contribution in [1.82, 2.24) is 4.98 Å². The number of hydrogen-bond acceptors (Lipinski definition) is 8. The molecule has 1 N–H and O–H groups in total. The van der Waals surface area contributed by atoms with Crippen molar-refractivity contribution in [3.8, 4) is 0 Å². The minimum absolute atomic E-state index is 0. The van der Waals surface area contributed by atoms with E-state index in [1.807, 2.05) is 54.6 Å². The molecule has 1 heterocycles. The molecule has 10 heteroatoms. The summed E-state index contributed by atoms with van der Waals surface area (Å²) < 4.78 is 5.41. The molecule has 0 radical (unpaired) electrons. The SMILES string of the molecule is CC(C)(C)OC(=O)C(C)(C)O/N=C(\C(=O)Cl)c1csc(NC(c2ccccc2)(c2ccccc2)c2ccccc2)n1.Cl. The van der Waals surface area contributed by atoms with Gasteiger partial charge in [0.05, 0.1) is 0 Å². The predicted octanol–water partition coefficient (Wildman–Crippen LogP) is 7.58. The molecular weight excluding hydrogens is 593 g/mol. The molecule has 0 atom stereocenters. The van der Waals surface area contributed by atoms with Crippen molar-refractivity contribution in [2.75, 3.05) is 5.32 Å². The summed E-state index contributed by atoms with van der Waals surface area (Å²) in [6.07, 6.45) is 0. The summed E-state index contributed by atoms with van der Waals surface area (Å²) in [5.41, 5.74) is -0.0127. The van der Waals surface area contributed by atoms with Crippen LogP contribution >= 0.6 is 35.3 Å². The number of benzene rings is 3. The highest BCUT2D eigenvalue weighted by molar-refractivity contribution is 7.14. The Kier molecular flexibility index (Phi) is 10.5. The molecule has 0 bridgehead atoms. The Morgan fingerprint density at radius 2 is 1.26 bits per heavy atom. The number of aromatic nitrogens is 1. The predicted molar refractivity (Wildman–Crippen MR) is 171 cm³/mol. The molecule has 0 saturated heterocycles. The first-order chi connectivity index (χ1) is 19.4. The lowest BCUT2D eigenvalue weighted by Crippen LogP contribution is -2.40. The fraction of sp³-hybridized carbons (Fsp3) is 0.250. The summed E-state index contributed by atoms with van der Waals surface area (Å²) in [6, 6.07) is 30.2. The second kappa shape index (κ2) is 13.5. The van der Waals surface area contributed by atoms with Gasteiger partial charge in [-0.25, -0.2) is 9.78 Å². The van der Waals surface area contributed by atoms with E-state index in [1.165, 1.54) is 25.2 Å². The summed E-state index contributed by atoms with van der Waals surface area (Å²) in [5.74, 6) is -0.630. The quantitative estimate of drug-likeness (QED) is 0.0642. The summed E-state index contributed by atoms with van der Waals surface area (Å²) in [6.45, 7) is 8.26. The molecule has 0 unspecified atom stereocenters. The minimum Gasteiger partial charge on any atom is -0.457 e. The van der Waals surface area contributed by atoms with Crippen LogP contribution in [-0.4, -0.2) is 33.1 Å². The third-order valence-corrected chi connectivity index (χ3v) is 7.04. The van der Waals surface area contributed by atoms with E-state index >= 15 is 0 Å². The zero-order valence-electron chi connectivity index (χ0n) is 24.0. The third kappa shape index (κ3) is 7.56. The Balaban J connectivity index is 0.00000484. The molecule has 0 aliphatic rings. The largest absolute Gasteiger partial charge is 0.457 e. The standard InChI is InChI=1S/C32H32ClN3O4S.ClH/c1-30(2,3)39-28(38)31(4,5)40-36-26(27(33)37)25-21-41-29(34-25)35-32(22-15-9-6-10-16-22,23-17-11-7-12-18-23)24-19-13-8-14-20-24;/h6-21H,1-5H3,(H,34,35);1H/b36-26-;. The van der Waals surface area contributed by atoms with E-state index in [0.29, 0.717) is 5.13 Å². The summed E-state index contributed by atoms with van der Waals surface area (Å²) in [5, 5.41) is 8.92. The van der Waals surface area contributed by atoms with Gasteiger partial charge in [-0.05, 0) is 62.9 Å². The van der Waals surface area contributed by atoms with Crippen molar-refractivity contribution < 1.29 is 19.2 Å². The van der Waals surface area contributed by atoms with Crippen LogP contribution in [0.5, 0.6) is 0 Å². The molecule has 0 fully saturated rings. The monoisotopic (exact) mass is 625 g/mol. The van der Waals surface area contributed by atoms with Gasteiger partial charge in [0.15, 0.2) is 10.8 Å². The number of carbonyl (C=O) groups is 2. The number of carbonyl (C=O) groups excluding carboxylic acids is 2. The summed E-state index contributed by atoms with van der Waals surface area (Å²) in [4.78, 5) is 35.2. The van der Waals surface area contributed by atoms with Gasteiger partial charge in [-0.2, -0.15) is 0 Å². The molecule has 0 aliphatic carbocycles. The lowest BCUT2D eigenvalue weighted by atomic mass is 9.77. The van der Waals surface area contributed by atoms with Gasteiger partial charge in [0.25, 0.3) is 5.24 Å². The van der Waals surface area contributed by atoms with E-state index in [1.54, 1.807) is 26.2 Å². The van der Waals surface area contributed by atoms with E-state index in [-0.39, 0.29) is 23.8 Å². The van der Waals surface area contributed by atoms with Crippen LogP contribution in [0.15, 0.2) is 102 Å². The number of thiazole rings is 1. The van der Waals surface area contributed by atoms with Gasteiger partial charge in [-0.15, -0.1) is 23.7 Å². The summed E-state index contributed by atoms with van der Waals surface area (Å²) in [7, 11) is 0. The molecule has 7 nitrogen and oxygen atoms in total. The Bertz CT molecular complexity index is 1420. The number of anilines is 1. The molecule has 4 aromatic rings. The van der Waals surface area contributed by atoms with Crippen LogP contribution in [0.1, 0.15) is 57.0 Å². The van der Waals surface area contributed by atoms with E-state index < -0.39 is 28.0 Å². The van der Waals surface area contributed by atoms with Crippen molar-refractivity contribution in [3.05, 3.63) is 119 Å². The van der Waals surface area contributed by atoms with Gasteiger partial charge >= 0.3 is 5.97 Å². The van der Waals surface area contributed by atoms with Crippen molar-refractivity contribution in [2.45, 2.75) is 51.4 Å². The molecule has 0 saturated carbocycles. The second-order valence-electron chi connectivity index (χ2n) is 10.8. The maximum absolute atomic E-state index is 12.6. The van der Waals surface area contributed by atoms with Crippen LogP contribution in [0, 0.1) is 0 Å². The number of oxime groups is 1. The Morgan fingerprint density at radius 1 is 0.810 bits per heavy atom. The smallest absolute Gasteiger partial charge is 0.353 e. The Morgan fingerprint density at radius 3 is 1.67 bits per heavy atom. The maximum atomic E-state index is 12.6. The number of esters is 1. The first-order valence-electron chi connectivity index (χ1n) is 13.0. The first-order valence-corrected chi connectivity index (χ1v) is 14.3. The maximum Gasteiger partial charge on any atom is 0.353 e. The van der Waals surface area contributed by atoms with Gasteiger partial charge in [-0.1, -0.05) is 96.2 Å². The molecule has 0 spiro atoms. The fourth-order valence-corrected chi connectivity index (χ4v) is 5.04. The third-order valence-electron chi connectivity index (χ3n) is 6.10. The van der Waals surface area contributed by atoms with Crippen molar-refractivity contribution in [1.29, 1.82) is 0 Å². The zero-order chi connectivity index (χ0) is 29.7. The van der Waals surface area contributed by atoms with Gasteiger partial charge in [0, 0.05) is 5.38 Å². The molecule has 0 aliphatic heterocycles. The number of halogens is 2. The van der Waals surface area contributed by atoms with Gasteiger partial charge < -0.3 is 14.9 Å². The zero-order valence-corrected chi connectivity index (χ0v) is 26.3. The van der Waals surface area contributed by atoms with Gasteiger partial charge in [-0.3, -0.25) is 4.79 Å². The van der Waals surface area contributed by atoms with E-state index in [0.717, 1.165) is 16.7 Å². The summed E-state index contributed by atoms with van der Waals surface area (Å²) >= 11 is 7.19. The van der Waals surface area contributed by atoms with Crippen molar-refractivity contribution in [2.24, 2.45) is 5.16 Å². The van der Waals surface area contributed by atoms with Gasteiger partial charge in [0.2, 0.25) is 5.60 Å². The van der Waals surface area contributed by atoms with Crippen LogP contribution in [0.2, 0.25) is 0 Å². The van der Waals surface area contributed by atoms with E-state index in [4.69, 9.17) is 21.2 Å². The van der Waals surface area contributed by atoms with Crippen LogP contribution < -0.4 is 5.32 Å². The van der Waals surface area contributed by atoms with E-state index in [2.05, 4.69) is 51.9 Å². The molecule has 0 amide bonds. The molecule has 220 valence electrons. The molecule has 3 aromatic carbocycles. The second-order valence-corrected chi connectivity index (χ2v) is 12.0. The number of ether oxygens (including phenoxy) is 1. The van der Waals surface area contributed by atoms with Crippen LogP contribution in [0.25, 0.3) is 0 Å². The first kappa shape index (κ1) is 32.8. The number of nitrogens with zero attached hydrogens (tertiary/aromatic N) is 2. The lowest BCUT2D eigenvalue weighted by Gasteiger charge is -2.36. The fourth-order valence-electron chi connectivity index (χ4n) is 4.16. The molecular formula is C32H33Cl2N3O4S. The van der Waals surface area contributed by atoms with Crippen LogP contribution in [0.3, 0.4) is 0 Å². The van der Waals surface area contributed by atoms with Crippen LogP contribution in [0.4, 0.5) is 5.13 Å². The van der Waals surface area contributed by atoms with Crippen molar-refractivity contribution in [3.63, 3.8) is 0 Å². The highest BCUT2D eigenvalue weighted by Crippen LogP contribution is 2.40. The Labute approximate surface area is 261 Å². The average Bonchev–Trinajstić information content (AvgIpc) is 3.40. The molecule has 42 heavy (non-hydrogen) atoms.